The van der Waals surface area contributed by atoms with Gasteiger partial charge in [0.05, 0.1) is 12.2 Å². The molecule has 3 atom stereocenters. The summed E-state index contributed by atoms with van der Waals surface area (Å²) in [6.07, 6.45) is 6.21. The molecule has 1 saturated heterocycles. The number of hydrogen-bond acceptors (Lipinski definition) is 3. The van der Waals surface area contributed by atoms with Gasteiger partial charge in [-0.2, -0.15) is 0 Å². The lowest BCUT2D eigenvalue weighted by atomic mass is 9.94. The molecule has 1 amide bonds. The average Bonchev–Trinajstić information content (AvgIpc) is 2.99. The molecule has 3 unspecified atom stereocenters. The summed E-state index contributed by atoms with van der Waals surface area (Å²) in [5.41, 5.74) is 0.190. The number of hydrogen-bond donors (Lipinski definition) is 1. The van der Waals surface area contributed by atoms with E-state index in [1.165, 1.54) is 25.7 Å². The Morgan fingerprint density at radius 1 is 1.40 bits per heavy atom. The van der Waals surface area contributed by atoms with Crippen molar-refractivity contribution in [3.63, 3.8) is 0 Å². The summed E-state index contributed by atoms with van der Waals surface area (Å²) in [5, 5.41) is 3.49. The first-order valence-electron chi connectivity index (χ1n) is 8.15. The molecule has 116 valence electrons. The lowest BCUT2D eigenvalue weighted by Gasteiger charge is -2.40. The van der Waals surface area contributed by atoms with Crippen LogP contribution in [0.5, 0.6) is 0 Å². The summed E-state index contributed by atoms with van der Waals surface area (Å²) >= 11 is 0. The van der Waals surface area contributed by atoms with E-state index in [2.05, 4.69) is 50.0 Å². The number of amides is 1. The number of carbonyl (C=O) groups excluding carboxylic acids is 1. The van der Waals surface area contributed by atoms with Crippen LogP contribution in [-0.2, 0) is 4.79 Å². The van der Waals surface area contributed by atoms with E-state index < -0.39 is 0 Å². The summed E-state index contributed by atoms with van der Waals surface area (Å²) in [6.45, 7) is 7.33. The second kappa shape index (κ2) is 6.02. The fourth-order valence-corrected chi connectivity index (χ4v) is 3.75. The van der Waals surface area contributed by atoms with E-state index in [1.54, 1.807) is 0 Å². The van der Waals surface area contributed by atoms with Gasteiger partial charge in [0.1, 0.15) is 0 Å². The van der Waals surface area contributed by atoms with Gasteiger partial charge in [0.15, 0.2) is 0 Å². The SMILES string of the molecule is CCC(C)C1NC(C)N(CC2(N(C)C)CCCC2)C1=O. The third kappa shape index (κ3) is 2.73. The molecule has 20 heavy (non-hydrogen) atoms. The second-order valence-corrected chi connectivity index (χ2v) is 7.00. The summed E-state index contributed by atoms with van der Waals surface area (Å²) in [5.74, 6) is 0.716. The Kier molecular flexibility index (Phi) is 4.75. The van der Waals surface area contributed by atoms with Crippen molar-refractivity contribution in [2.75, 3.05) is 20.6 Å². The van der Waals surface area contributed by atoms with Crippen molar-refractivity contribution in [3.8, 4) is 0 Å². The van der Waals surface area contributed by atoms with Crippen LogP contribution in [0.1, 0.15) is 52.9 Å². The molecule has 1 aliphatic carbocycles. The van der Waals surface area contributed by atoms with Crippen molar-refractivity contribution in [3.05, 3.63) is 0 Å². The smallest absolute Gasteiger partial charge is 0.241 e. The van der Waals surface area contributed by atoms with E-state index in [1.807, 2.05) is 0 Å². The van der Waals surface area contributed by atoms with Gasteiger partial charge in [0.2, 0.25) is 5.91 Å². The van der Waals surface area contributed by atoms with Gasteiger partial charge in [-0.3, -0.25) is 10.1 Å². The molecule has 0 radical (unpaired) electrons. The van der Waals surface area contributed by atoms with Gasteiger partial charge in [-0.15, -0.1) is 0 Å². The maximum Gasteiger partial charge on any atom is 0.241 e. The van der Waals surface area contributed by atoms with E-state index in [-0.39, 0.29) is 17.7 Å². The maximum absolute atomic E-state index is 12.7. The van der Waals surface area contributed by atoms with Crippen molar-refractivity contribution in [1.29, 1.82) is 0 Å². The van der Waals surface area contributed by atoms with Crippen LogP contribution in [0, 0.1) is 5.92 Å². The maximum atomic E-state index is 12.7. The van der Waals surface area contributed by atoms with E-state index >= 15 is 0 Å². The first kappa shape index (κ1) is 15.8. The fraction of sp³-hybridized carbons (Fsp3) is 0.938. The Labute approximate surface area is 123 Å². The average molecular weight is 281 g/mol. The van der Waals surface area contributed by atoms with Gasteiger partial charge in [-0.1, -0.05) is 33.1 Å². The van der Waals surface area contributed by atoms with Gasteiger partial charge < -0.3 is 9.80 Å². The molecule has 2 fully saturated rings. The molecule has 0 bridgehead atoms. The number of carbonyl (C=O) groups is 1. The van der Waals surface area contributed by atoms with Crippen molar-refractivity contribution < 1.29 is 4.79 Å². The largest absolute Gasteiger partial charge is 0.324 e. The highest BCUT2D eigenvalue weighted by atomic mass is 16.2. The van der Waals surface area contributed by atoms with E-state index in [0.717, 1.165) is 13.0 Å². The minimum atomic E-state index is 0.00983. The molecule has 2 aliphatic rings. The van der Waals surface area contributed by atoms with Gasteiger partial charge in [0, 0.05) is 12.1 Å². The fourth-order valence-electron chi connectivity index (χ4n) is 3.75. The second-order valence-electron chi connectivity index (χ2n) is 7.00. The van der Waals surface area contributed by atoms with Crippen LogP contribution in [-0.4, -0.2) is 54.1 Å². The van der Waals surface area contributed by atoms with Gasteiger partial charge >= 0.3 is 0 Å². The molecule has 1 N–H and O–H groups in total. The number of rotatable bonds is 5. The Morgan fingerprint density at radius 2 is 2.00 bits per heavy atom. The Bertz CT molecular complexity index is 350. The molecule has 1 aliphatic heterocycles. The molecule has 0 aromatic heterocycles. The quantitative estimate of drug-likeness (QED) is 0.838. The molecular formula is C16H31N3O. The number of nitrogens with zero attached hydrogens (tertiary/aromatic N) is 2. The van der Waals surface area contributed by atoms with Gasteiger partial charge in [0.25, 0.3) is 0 Å². The van der Waals surface area contributed by atoms with Crippen LogP contribution in [0.15, 0.2) is 0 Å². The molecule has 1 saturated carbocycles. The lowest BCUT2D eigenvalue weighted by Crippen LogP contribution is -2.53. The van der Waals surface area contributed by atoms with Crippen molar-refractivity contribution in [1.82, 2.24) is 15.1 Å². The zero-order chi connectivity index (χ0) is 14.9. The summed E-state index contributed by atoms with van der Waals surface area (Å²) in [6, 6.07) is 0.00983. The van der Waals surface area contributed by atoms with Crippen molar-refractivity contribution in [2.24, 2.45) is 5.92 Å². The Hall–Kier alpha value is -0.610. The van der Waals surface area contributed by atoms with Crippen LogP contribution in [0.3, 0.4) is 0 Å². The molecule has 0 aromatic rings. The number of likely N-dealkylation sites (N-methyl/N-ethyl adjacent to an activating group) is 1. The summed E-state index contributed by atoms with van der Waals surface area (Å²) in [7, 11) is 4.33. The van der Waals surface area contributed by atoms with Crippen LogP contribution in [0.4, 0.5) is 0 Å². The Balaban J connectivity index is 2.10. The predicted molar refractivity (Wildman–Crippen MR) is 82.4 cm³/mol. The molecule has 0 aromatic carbocycles. The standard InChI is InChI=1S/C16H31N3O/c1-6-12(2)14-15(20)19(13(3)17-14)11-16(18(4)5)9-7-8-10-16/h12-14,17H,6-11H2,1-5H3. The molecular weight excluding hydrogens is 250 g/mol. The first-order chi connectivity index (χ1) is 9.41. The third-order valence-electron chi connectivity index (χ3n) is 5.60. The van der Waals surface area contributed by atoms with Crippen molar-refractivity contribution in [2.45, 2.75) is 70.6 Å². The highest BCUT2D eigenvalue weighted by Gasteiger charge is 2.45. The first-order valence-corrected chi connectivity index (χ1v) is 8.15. The van der Waals surface area contributed by atoms with Crippen LogP contribution >= 0.6 is 0 Å². The highest BCUT2D eigenvalue weighted by Crippen LogP contribution is 2.36. The van der Waals surface area contributed by atoms with Crippen LogP contribution in [0.25, 0.3) is 0 Å². The molecule has 4 heteroatoms. The minimum Gasteiger partial charge on any atom is -0.324 e. The number of nitrogens with one attached hydrogen (secondary N) is 1. The zero-order valence-electron chi connectivity index (χ0n) is 13.8. The molecule has 4 nitrogen and oxygen atoms in total. The van der Waals surface area contributed by atoms with E-state index in [9.17, 15) is 4.79 Å². The normalized spacial score (nSPS) is 31.3. The van der Waals surface area contributed by atoms with Crippen LogP contribution in [0.2, 0.25) is 0 Å². The minimum absolute atomic E-state index is 0.00983. The van der Waals surface area contributed by atoms with Crippen LogP contribution < -0.4 is 5.32 Å². The van der Waals surface area contributed by atoms with E-state index in [0.29, 0.717) is 11.8 Å². The topological polar surface area (TPSA) is 35.6 Å². The monoisotopic (exact) mass is 281 g/mol. The predicted octanol–water partition coefficient (Wildman–Crippen LogP) is 2.05. The molecule has 1 heterocycles. The molecule has 0 spiro atoms. The van der Waals surface area contributed by atoms with E-state index in [4.69, 9.17) is 0 Å². The lowest BCUT2D eigenvalue weighted by molar-refractivity contribution is -0.132. The highest BCUT2D eigenvalue weighted by molar-refractivity contribution is 5.84. The summed E-state index contributed by atoms with van der Waals surface area (Å²) < 4.78 is 0. The Morgan fingerprint density at radius 3 is 2.50 bits per heavy atom. The zero-order valence-corrected chi connectivity index (χ0v) is 13.8. The van der Waals surface area contributed by atoms with Gasteiger partial charge in [-0.25, -0.2) is 0 Å². The van der Waals surface area contributed by atoms with Crippen molar-refractivity contribution >= 4 is 5.91 Å². The third-order valence-corrected chi connectivity index (χ3v) is 5.60. The van der Waals surface area contributed by atoms with Gasteiger partial charge in [-0.05, 0) is 39.8 Å². The summed E-state index contributed by atoms with van der Waals surface area (Å²) in [4.78, 5) is 17.1. The molecule has 2 rings (SSSR count).